The molecule has 3 aromatic carbocycles. The van der Waals surface area contributed by atoms with Crippen molar-refractivity contribution in [2.75, 3.05) is 5.32 Å². The van der Waals surface area contributed by atoms with Gasteiger partial charge in [-0.25, -0.2) is 9.48 Å². The molecule has 2 amide bonds. The fourth-order valence-electron chi connectivity index (χ4n) is 5.16. The Hall–Kier alpha value is -4.29. The number of carbonyl (C=O) groups is 1. The summed E-state index contributed by atoms with van der Waals surface area (Å²) in [7, 11) is 0. The van der Waals surface area contributed by atoms with Gasteiger partial charge in [0.1, 0.15) is 5.82 Å². The highest BCUT2D eigenvalue weighted by molar-refractivity contribution is 6.30. The largest absolute Gasteiger partial charge is 0.322 e. The van der Waals surface area contributed by atoms with Gasteiger partial charge in [0.2, 0.25) is 0 Å². The number of rotatable bonds is 4. The van der Waals surface area contributed by atoms with Crippen molar-refractivity contribution >= 4 is 23.3 Å². The highest BCUT2D eigenvalue weighted by Gasteiger charge is 2.36. The quantitative estimate of drug-likeness (QED) is 0.269. The van der Waals surface area contributed by atoms with Gasteiger partial charge in [-0.2, -0.15) is 5.10 Å². The summed E-state index contributed by atoms with van der Waals surface area (Å²) in [5.41, 5.74) is 6.86. The lowest BCUT2D eigenvalue weighted by Crippen LogP contribution is -2.38. The fraction of sp³-hybridized carbons (Fsp3) is 0.161. The van der Waals surface area contributed by atoms with Gasteiger partial charge in [-0.15, -0.1) is 0 Å². The van der Waals surface area contributed by atoms with Gasteiger partial charge < -0.3 is 14.8 Å². The lowest BCUT2D eigenvalue weighted by atomic mass is 9.99. The topological polar surface area (TPSA) is 55.1 Å². The second-order valence-corrected chi connectivity index (χ2v) is 9.94. The molecule has 0 aliphatic carbocycles. The van der Waals surface area contributed by atoms with Crippen molar-refractivity contribution in [1.82, 2.24) is 19.2 Å². The van der Waals surface area contributed by atoms with Gasteiger partial charge in [0, 0.05) is 22.5 Å². The van der Waals surface area contributed by atoms with Crippen LogP contribution in [-0.2, 0) is 13.0 Å². The first kappa shape index (κ1) is 24.1. The van der Waals surface area contributed by atoms with Gasteiger partial charge in [-0.1, -0.05) is 61.0 Å². The first-order chi connectivity index (χ1) is 18.5. The van der Waals surface area contributed by atoms with Crippen LogP contribution in [0.5, 0.6) is 0 Å². The summed E-state index contributed by atoms with van der Waals surface area (Å²) in [6, 6.07) is 29.5. The van der Waals surface area contributed by atoms with Crippen molar-refractivity contribution in [3.63, 3.8) is 0 Å². The maximum Gasteiger partial charge on any atom is 0.322 e. The molecule has 3 heterocycles. The van der Waals surface area contributed by atoms with Crippen LogP contribution < -0.4 is 5.32 Å². The van der Waals surface area contributed by atoms with Crippen molar-refractivity contribution in [3.8, 4) is 11.5 Å². The minimum Gasteiger partial charge on any atom is -0.308 e. The molecule has 1 atom stereocenters. The van der Waals surface area contributed by atoms with Crippen molar-refractivity contribution in [2.45, 2.75) is 32.9 Å². The molecule has 0 saturated carbocycles. The molecule has 0 fully saturated rings. The number of nitrogens with zero attached hydrogens (tertiary/aromatic N) is 4. The minimum atomic E-state index is -0.306. The maximum absolute atomic E-state index is 14.0. The zero-order valence-corrected chi connectivity index (χ0v) is 22.1. The van der Waals surface area contributed by atoms with Crippen molar-refractivity contribution in [3.05, 3.63) is 130 Å². The number of benzene rings is 3. The maximum atomic E-state index is 14.0. The van der Waals surface area contributed by atoms with Gasteiger partial charge in [0.15, 0.2) is 0 Å². The average molecular weight is 522 g/mol. The van der Waals surface area contributed by atoms with E-state index in [9.17, 15) is 4.79 Å². The highest BCUT2D eigenvalue weighted by Crippen LogP contribution is 2.38. The van der Waals surface area contributed by atoms with E-state index in [-0.39, 0.29) is 12.1 Å². The number of carbonyl (C=O) groups excluding carboxylic acids is 1. The molecular weight excluding hydrogens is 494 g/mol. The Labute approximate surface area is 227 Å². The Kier molecular flexibility index (Phi) is 6.26. The summed E-state index contributed by atoms with van der Waals surface area (Å²) in [5, 5.41) is 8.63. The number of urea groups is 1. The number of halogens is 1. The van der Waals surface area contributed by atoms with E-state index in [1.807, 2.05) is 65.0 Å². The molecule has 0 saturated heterocycles. The molecule has 190 valence electrons. The molecule has 5 aromatic rings. The molecule has 2 aromatic heterocycles. The smallest absolute Gasteiger partial charge is 0.308 e. The zero-order valence-electron chi connectivity index (χ0n) is 21.3. The third-order valence-corrected chi connectivity index (χ3v) is 7.40. The predicted molar refractivity (Wildman–Crippen MR) is 151 cm³/mol. The number of hydrogen-bond donors (Lipinski definition) is 1. The number of fused-ring (bicyclic) bond motifs is 3. The van der Waals surface area contributed by atoms with Gasteiger partial charge in [-0.3, -0.25) is 0 Å². The Balaban J connectivity index is 1.52. The SMILES string of the molecule is CCc1ccc([C@H]2c3cccn3-c3c(c(C)nn3-c3ccccc3)CN2C(=O)Nc2ccc(Cl)cc2)cc1. The van der Waals surface area contributed by atoms with Crippen LogP contribution in [0, 0.1) is 6.92 Å². The van der Waals surface area contributed by atoms with Crippen LogP contribution in [0.2, 0.25) is 5.02 Å². The Bertz CT molecular complexity index is 1590. The lowest BCUT2D eigenvalue weighted by molar-refractivity contribution is 0.194. The molecule has 1 N–H and O–H groups in total. The molecule has 6 nitrogen and oxygen atoms in total. The summed E-state index contributed by atoms with van der Waals surface area (Å²) in [5.74, 6) is 0.950. The van der Waals surface area contributed by atoms with Crippen molar-refractivity contribution < 1.29 is 4.79 Å². The fourth-order valence-corrected chi connectivity index (χ4v) is 5.29. The van der Waals surface area contributed by atoms with Crippen molar-refractivity contribution in [1.29, 1.82) is 0 Å². The van der Waals surface area contributed by atoms with Crippen LogP contribution in [0.1, 0.15) is 41.0 Å². The second kappa shape index (κ2) is 9.88. The normalized spacial score (nSPS) is 14.5. The van der Waals surface area contributed by atoms with E-state index in [2.05, 4.69) is 53.3 Å². The number of anilines is 1. The number of amides is 2. The van der Waals surface area contributed by atoms with Crippen molar-refractivity contribution in [2.24, 2.45) is 0 Å². The predicted octanol–water partition coefficient (Wildman–Crippen LogP) is 7.32. The number of hydrogen-bond acceptors (Lipinski definition) is 2. The monoisotopic (exact) mass is 521 g/mol. The van der Waals surface area contributed by atoms with E-state index < -0.39 is 0 Å². The Morgan fingerprint density at radius 2 is 1.71 bits per heavy atom. The average Bonchev–Trinajstić information content (AvgIpc) is 3.51. The van der Waals surface area contributed by atoms with E-state index in [1.165, 1.54) is 5.56 Å². The van der Waals surface area contributed by atoms with Gasteiger partial charge >= 0.3 is 6.03 Å². The van der Waals surface area contributed by atoms with E-state index in [4.69, 9.17) is 16.7 Å². The molecular formula is C31H28ClN5O. The van der Waals surface area contributed by atoms with E-state index in [0.29, 0.717) is 17.3 Å². The van der Waals surface area contributed by atoms with Gasteiger partial charge in [0.05, 0.1) is 29.7 Å². The second-order valence-electron chi connectivity index (χ2n) is 9.50. The van der Waals surface area contributed by atoms with Crippen LogP contribution in [0.4, 0.5) is 10.5 Å². The summed E-state index contributed by atoms with van der Waals surface area (Å²) in [6.07, 6.45) is 3.02. The van der Waals surface area contributed by atoms with Crippen LogP contribution in [0.25, 0.3) is 11.5 Å². The molecule has 1 aliphatic heterocycles. The number of para-hydroxylation sites is 1. The third kappa shape index (κ3) is 4.27. The summed E-state index contributed by atoms with van der Waals surface area (Å²) in [6.45, 7) is 4.55. The van der Waals surface area contributed by atoms with Crippen LogP contribution in [-0.4, -0.2) is 25.3 Å². The molecule has 0 bridgehead atoms. The third-order valence-electron chi connectivity index (χ3n) is 7.15. The van der Waals surface area contributed by atoms with Crippen LogP contribution in [0.3, 0.4) is 0 Å². The minimum absolute atomic E-state index is 0.190. The molecule has 38 heavy (non-hydrogen) atoms. The van der Waals surface area contributed by atoms with E-state index in [0.717, 1.165) is 40.4 Å². The number of nitrogens with one attached hydrogen (secondary N) is 1. The molecule has 1 aliphatic rings. The first-order valence-corrected chi connectivity index (χ1v) is 13.1. The van der Waals surface area contributed by atoms with Crippen LogP contribution >= 0.6 is 11.6 Å². The van der Waals surface area contributed by atoms with Gasteiger partial charge in [-0.05, 0) is 73.0 Å². The summed E-state index contributed by atoms with van der Waals surface area (Å²) in [4.78, 5) is 15.9. The first-order valence-electron chi connectivity index (χ1n) is 12.8. The highest BCUT2D eigenvalue weighted by atomic mass is 35.5. The standard InChI is InChI=1S/C31H28ClN5O/c1-3-22-11-13-23(14-12-22)29-28-10-7-19-35(28)30-27(21(2)34-37(30)26-8-5-4-6-9-26)20-36(29)31(38)33-25-17-15-24(32)16-18-25/h4-19,29H,3,20H2,1-2H3,(H,33,38)/t29-/m0/s1. The summed E-state index contributed by atoms with van der Waals surface area (Å²) < 4.78 is 4.16. The molecule has 0 unspecified atom stereocenters. The van der Waals surface area contributed by atoms with E-state index in [1.54, 1.807) is 12.1 Å². The Morgan fingerprint density at radius 1 is 0.974 bits per heavy atom. The zero-order chi connectivity index (χ0) is 26.2. The molecule has 0 radical (unpaired) electrons. The number of aromatic nitrogens is 3. The molecule has 7 heteroatoms. The molecule has 0 spiro atoms. The molecule has 6 rings (SSSR count). The Morgan fingerprint density at radius 3 is 2.42 bits per heavy atom. The van der Waals surface area contributed by atoms with Crippen LogP contribution in [0.15, 0.2) is 97.2 Å². The lowest BCUT2D eigenvalue weighted by Gasteiger charge is -2.31. The van der Waals surface area contributed by atoms with E-state index >= 15 is 0 Å². The van der Waals surface area contributed by atoms with Gasteiger partial charge in [0.25, 0.3) is 0 Å². The number of aryl methyl sites for hydroxylation is 2. The summed E-state index contributed by atoms with van der Waals surface area (Å²) >= 11 is 6.08.